The van der Waals surface area contributed by atoms with E-state index in [2.05, 4.69) is 9.68 Å². The molecule has 0 unspecified atom stereocenters. The van der Waals surface area contributed by atoms with Gasteiger partial charge < -0.3 is 16.0 Å². The van der Waals surface area contributed by atoms with Crippen molar-refractivity contribution in [2.75, 3.05) is 11.5 Å². The van der Waals surface area contributed by atoms with Crippen molar-refractivity contribution in [1.82, 2.24) is 5.16 Å². The molecule has 0 saturated heterocycles. The molecule has 0 saturated carbocycles. The minimum Gasteiger partial charge on any atom is -0.390 e. The van der Waals surface area contributed by atoms with Crippen LogP contribution in [0.1, 0.15) is 0 Å². The second kappa shape index (κ2) is 1.36. The number of nitrogens with zero attached hydrogens (tertiary/aromatic N) is 1. The summed E-state index contributed by atoms with van der Waals surface area (Å²) in [6.07, 6.45) is 0. The van der Waals surface area contributed by atoms with Gasteiger partial charge in [-0.25, -0.2) is 0 Å². The highest BCUT2D eigenvalue weighted by atomic mass is 19.1. The Morgan fingerprint density at radius 2 is 2.12 bits per heavy atom. The maximum absolute atomic E-state index is 11.9. The molecule has 0 bridgehead atoms. The highest BCUT2D eigenvalue weighted by Crippen LogP contribution is 2.15. The van der Waals surface area contributed by atoms with Crippen molar-refractivity contribution in [3.05, 3.63) is 5.95 Å². The fourth-order valence-corrected chi connectivity index (χ4v) is 0.289. The van der Waals surface area contributed by atoms with E-state index in [4.69, 9.17) is 11.5 Å². The number of nitrogens with two attached hydrogens (primary N) is 2. The Morgan fingerprint density at radius 3 is 2.25 bits per heavy atom. The zero-order valence-electron chi connectivity index (χ0n) is 3.89. The molecule has 0 spiro atoms. The van der Waals surface area contributed by atoms with Crippen molar-refractivity contribution >= 4 is 11.6 Å². The fraction of sp³-hybridized carbons (Fsp3) is 0. The summed E-state index contributed by atoms with van der Waals surface area (Å²) in [6, 6.07) is 0. The standard InChI is InChI=1S/C3H4FN3O/c4-2-1(5)3(6)8-7-2/h5-6H2. The van der Waals surface area contributed by atoms with Crippen LogP contribution in [0.25, 0.3) is 0 Å². The van der Waals surface area contributed by atoms with E-state index >= 15 is 0 Å². The van der Waals surface area contributed by atoms with Gasteiger partial charge in [-0.05, 0) is 5.16 Å². The van der Waals surface area contributed by atoms with Crippen molar-refractivity contribution in [3.8, 4) is 0 Å². The minimum absolute atomic E-state index is 0.178. The first-order chi connectivity index (χ1) is 3.72. The summed E-state index contributed by atoms with van der Waals surface area (Å²) in [5.41, 5.74) is 9.66. The summed E-state index contributed by atoms with van der Waals surface area (Å²) in [5, 5.41) is 2.82. The number of halogens is 1. The molecule has 0 amide bonds. The maximum Gasteiger partial charge on any atom is 0.278 e. The molecule has 1 aromatic rings. The Hall–Kier alpha value is -1.26. The molecule has 8 heavy (non-hydrogen) atoms. The van der Waals surface area contributed by atoms with Gasteiger partial charge in [-0.3, -0.25) is 0 Å². The molecule has 0 atom stereocenters. The summed E-state index contributed by atoms with van der Waals surface area (Å²) < 4.78 is 16.1. The highest BCUT2D eigenvalue weighted by molar-refractivity contribution is 5.54. The first kappa shape index (κ1) is 4.89. The van der Waals surface area contributed by atoms with E-state index in [1.807, 2.05) is 0 Å². The predicted octanol–water partition coefficient (Wildman–Crippen LogP) is -0.0219. The van der Waals surface area contributed by atoms with E-state index in [0.29, 0.717) is 0 Å². The Labute approximate surface area is 44.2 Å². The van der Waals surface area contributed by atoms with Crippen molar-refractivity contribution in [2.24, 2.45) is 0 Å². The third-order valence-electron chi connectivity index (χ3n) is 0.712. The van der Waals surface area contributed by atoms with Crippen molar-refractivity contribution < 1.29 is 8.91 Å². The van der Waals surface area contributed by atoms with Crippen LogP contribution < -0.4 is 11.5 Å². The lowest BCUT2D eigenvalue weighted by Gasteiger charge is -1.79. The zero-order valence-corrected chi connectivity index (χ0v) is 3.89. The molecule has 5 heteroatoms. The van der Waals surface area contributed by atoms with Crippen LogP contribution in [0.3, 0.4) is 0 Å². The van der Waals surface area contributed by atoms with Crippen molar-refractivity contribution in [1.29, 1.82) is 0 Å². The lowest BCUT2D eigenvalue weighted by Crippen LogP contribution is -1.90. The predicted molar refractivity (Wildman–Crippen MR) is 25.3 cm³/mol. The number of rotatable bonds is 0. The summed E-state index contributed by atoms with van der Waals surface area (Å²) >= 11 is 0. The largest absolute Gasteiger partial charge is 0.390 e. The van der Waals surface area contributed by atoms with Crippen molar-refractivity contribution in [3.63, 3.8) is 0 Å². The van der Waals surface area contributed by atoms with E-state index < -0.39 is 5.95 Å². The fourth-order valence-electron chi connectivity index (χ4n) is 0.289. The van der Waals surface area contributed by atoms with Gasteiger partial charge in [-0.1, -0.05) is 0 Å². The Morgan fingerprint density at radius 1 is 1.50 bits per heavy atom. The van der Waals surface area contributed by atoms with Gasteiger partial charge in [-0.2, -0.15) is 4.39 Å². The minimum atomic E-state index is -0.859. The molecule has 0 aliphatic rings. The van der Waals surface area contributed by atoms with Gasteiger partial charge in [0, 0.05) is 0 Å². The quantitative estimate of drug-likeness (QED) is 0.500. The van der Waals surface area contributed by atoms with Gasteiger partial charge in [-0.15, -0.1) is 0 Å². The first-order valence-electron chi connectivity index (χ1n) is 1.88. The molecular weight excluding hydrogens is 113 g/mol. The van der Waals surface area contributed by atoms with Gasteiger partial charge >= 0.3 is 0 Å². The van der Waals surface area contributed by atoms with E-state index in [9.17, 15) is 4.39 Å². The van der Waals surface area contributed by atoms with Gasteiger partial charge in [0.2, 0.25) is 5.88 Å². The molecule has 44 valence electrons. The second-order valence-corrected chi connectivity index (χ2v) is 1.25. The van der Waals surface area contributed by atoms with E-state index in [-0.39, 0.29) is 11.6 Å². The molecule has 1 heterocycles. The summed E-state index contributed by atoms with van der Waals surface area (Å²) in [7, 11) is 0. The number of hydrogen-bond donors (Lipinski definition) is 2. The monoisotopic (exact) mass is 117 g/mol. The molecule has 0 aliphatic carbocycles. The third kappa shape index (κ3) is 0.481. The SMILES string of the molecule is Nc1onc(F)c1N. The smallest absolute Gasteiger partial charge is 0.278 e. The number of aromatic nitrogens is 1. The first-order valence-corrected chi connectivity index (χ1v) is 1.88. The van der Waals surface area contributed by atoms with Gasteiger partial charge in [0.1, 0.15) is 0 Å². The molecule has 0 fully saturated rings. The van der Waals surface area contributed by atoms with Crippen molar-refractivity contribution in [2.45, 2.75) is 0 Å². The Bertz CT molecular complexity index is 177. The van der Waals surface area contributed by atoms with Gasteiger partial charge in [0.15, 0.2) is 5.69 Å². The normalized spacial score (nSPS) is 9.62. The Kier molecular flexibility index (Phi) is 0.831. The third-order valence-corrected chi connectivity index (χ3v) is 0.712. The molecular formula is C3H4FN3O. The average molecular weight is 117 g/mol. The second-order valence-electron chi connectivity index (χ2n) is 1.25. The molecule has 0 aliphatic heterocycles. The van der Waals surface area contributed by atoms with Crippen LogP contribution in [0, 0.1) is 5.95 Å². The van der Waals surface area contributed by atoms with Gasteiger partial charge in [0.05, 0.1) is 0 Å². The van der Waals surface area contributed by atoms with Crippen LogP contribution >= 0.6 is 0 Å². The lowest BCUT2D eigenvalue weighted by atomic mass is 10.5. The molecule has 4 N–H and O–H groups in total. The number of hydrogen-bond acceptors (Lipinski definition) is 4. The molecule has 1 rings (SSSR count). The van der Waals surface area contributed by atoms with E-state index in [0.717, 1.165) is 0 Å². The molecule has 1 aromatic heterocycles. The molecule has 0 aromatic carbocycles. The lowest BCUT2D eigenvalue weighted by molar-refractivity contribution is 0.387. The van der Waals surface area contributed by atoms with E-state index in [1.165, 1.54) is 0 Å². The van der Waals surface area contributed by atoms with E-state index in [1.54, 1.807) is 0 Å². The number of nitrogen functional groups attached to an aromatic ring is 2. The van der Waals surface area contributed by atoms with Gasteiger partial charge in [0.25, 0.3) is 5.95 Å². The summed E-state index contributed by atoms with van der Waals surface area (Å²) in [4.78, 5) is 0. The number of anilines is 2. The maximum atomic E-state index is 11.9. The van der Waals surface area contributed by atoms with Crippen LogP contribution in [0.2, 0.25) is 0 Å². The Balaban J connectivity index is 3.19. The highest BCUT2D eigenvalue weighted by Gasteiger charge is 2.06. The van der Waals surface area contributed by atoms with Crippen LogP contribution in [-0.2, 0) is 0 Å². The summed E-state index contributed by atoms with van der Waals surface area (Å²) in [6.45, 7) is 0. The molecule has 4 nitrogen and oxygen atoms in total. The van der Waals surface area contributed by atoms with Crippen LogP contribution in [0.15, 0.2) is 4.52 Å². The molecule has 0 radical (unpaired) electrons. The van der Waals surface area contributed by atoms with Crippen LogP contribution in [0.5, 0.6) is 0 Å². The average Bonchev–Trinajstić information content (AvgIpc) is 1.98. The van der Waals surface area contributed by atoms with Crippen LogP contribution in [0.4, 0.5) is 16.0 Å². The summed E-state index contributed by atoms with van der Waals surface area (Å²) in [5.74, 6) is -1.04. The zero-order chi connectivity index (χ0) is 6.15. The topological polar surface area (TPSA) is 78.1 Å². The van der Waals surface area contributed by atoms with Crippen LogP contribution in [-0.4, -0.2) is 5.16 Å².